The third kappa shape index (κ3) is 3.98. The van der Waals surface area contributed by atoms with Crippen molar-refractivity contribution in [3.63, 3.8) is 0 Å². The summed E-state index contributed by atoms with van der Waals surface area (Å²) in [7, 11) is 0. The SMILES string of the molecule is CSc1ccccc1NC(=O)CN1CCCC[C@@H]1C. The van der Waals surface area contributed by atoms with Crippen LogP contribution in [-0.4, -0.2) is 36.2 Å². The summed E-state index contributed by atoms with van der Waals surface area (Å²) in [6.07, 6.45) is 5.72. The van der Waals surface area contributed by atoms with Gasteiger partial charge in [-0.2, -0.15) is 0 Å². The molecule has 19 heavy (non-hydrogen) atoms. The van der Waals surface area contributed by atoms with E-state index in [0.29, 0.717) is 12.6 Å². The van der Waals surface area contributed by atoms with Gasteiger partial charge < -0.3 is 5.32 Å². The van der Waals surface area contributed by atoms with Gasteiger partial charge in [0.15, 0.2) is 0 Å². The number of amides is 1. The molecule has 1 aliphatic rings. The van der Waals surface area contributed by atoms with Crippen LogP contribution in [-0.2, 0) is 4.79 Å². The highest BCUT2D eigenvalue weighted by molar-refractivity contribution is 7.98. The molecule has 0 aromatic heterocycles. The predicted octanol–water partition coefficient (Wildman–Crippen LogP) is 3.22. The van der Waals surface area contributed by atoms with E-state index in [1.807, 2.05) is 30.5 Å². The second-order valence-corrected chi connectivity index (χ2v) is 5.91. The number of piperidine rings is 1. The lowest BCUT2D eigenvalue weighted by Crippen LogP contribution is -2.42. The van der Waals surface area contributed by atoms with Crippen LogP contribution < -0.4 is 5.32 Å². The van der Waals surface area contributed by atoms with E-state index in [-0.39, 0.29) is 5.91 Å². The first-order valence-corrected chi connectivity index (χ1v) is 8.10. The molecule has 1 aromatic rings. The molecule has 0 spiro atoms. The minimum atomic E-state index is 0.0928. The molecule has 0 aliphatic carbocycles. The molecule has 0 bridgehead atoms. The zero-order valence-electron chi connectivity index (χ0n) is 11.7. The topological polar surface area (TPSA) is 32.3 Å². The second-order valence-electron chi connectivity index (χ2n) is 5.06. The Morgan fingerprint density at radius 3 is 2.95 bits per heavy atom. The normalized spacial score (nSPS) is 20.2. The summed E-state index contributed by atoms with van der Waals surface area (Å²) in [4.78, 5) is 15.5. The van der Waals surface area contributed by atoms with E-state index in [4.69, 9.17) is 0 Å². The van der Waals surface area contributed by atoms with Crippen LogP contribution in [0.3, 0.4) is 0 Å². The van der Waals surface area contributed by atoms with Crippen LogP contribution in [0.1, 0.15) is 26.2 Å². The fourth-order valence-corrected chi connectivity index (χ4v) is 3.07. The highest BCUT2D eigenvalue weighted by Gasteiger charge is 2.20. The van der Waals surface area contributed by atoms with Gasteiger partial charge in [-0.05, 0) is 44.7 Å². The average molecular weight is 278 g/mol. The van der Waals surface area contributed by atoms with Gasteiger partial charge in [0.1, 0.15) is 0 Å². The molecule has 1 aliphatic heterocycles. The predicted molar refractivity (Wildman–Crippen MR) is 81.7 cm³/mol. The Bertz CT molecular complexity index is 436. The lowest BCUT2D eigenvalue weighted by Gasteiger charge is -2.32. The van der Waals surface area contributed by atoms with Crippen molar-refractivity contribution in [1.82, 2.24) is 4.90 Å². The van der Waals surface area contributed by atoms with Gasteiger partial charge in [0.05, 0.1) is 12.2 Å². The highest BCUT2D eigenvalue weighted by atomic mass is 32.2. The zero-order valence-corrected chi connectivity index (χ0v) is 12.5. The molecule has 0 unspecified atom stereocenters. The van der Waals surface area contributed by atoms with Gasteiger partial charge in [-0.15, -0.1) is 11.8 Å². The van der Waals surface area contributed by atoms with Gasteiger partial charge >= 0.3 is 0 Å². The van der Waals surface area contributed by atoms with E-state index in [1.165, 1.54) is 19.3 Å². The van der Waals surface area contributed by atoms with Crippen molar-refractivity contribution in [2.24, 2.45) is 0 Å². The van der Waals surface area contributed by atoms with Crippen LogP contribution in [0, 0.1) is 0 Å². The summed E-state index contributed by atoms with van der Waals surface area (Å²) in [5.74, 6) is 0.0928. The Hall–Kier alpha value is -1.00. The largest absolute Gasteiger partial charge is 0.324 e. The number of thioether (sulfide) groups is 1. The third-order valence-corrected chi connectivity index (χ3v) is 4.46. The third-order valence-electron chi connectivity index (χ3n) is 3.67. The standard InChI is InChI=1S/C15H22N2OS/c1-12-7-5-6-10-17(12)11-15(18)16-13-8-3-4-9-14(13)19-2/h3-4,8-9,12H,5-7,10-11H2,1-2H3,(H,16,18)/t12-/m0/s1. The Morgan fingerprint density at radius 1 is 1.42 bits per heavy atom. The lowest BCUT2D eigenvalue weighted by atomic mass is 10.0. The molecular weight excluding hydrogens is 256 g/mol. The number of carbonyl (C=O) groups excluding carboxylic acids is 1. The number of hydrogen-bond acceptors (Lipinski definition) is 3. The molecule has 0 saturated carbocycles. The number of para-hydroxylation sites is 1. The van der Waals surface area contributed by atoms with Crippen molar-refractivity contribution in [1.29, 1.82) is 0 Å². The molecule has 3 nitrogen and oxygen atoms in total. The van der Waals surface area contributed by atoms with E-state index >= 15 is 0 Å². The average Bonchev–Trinajstić information content (AvgIpc) is 2.42. The summed E-state index contributed by atoms with van der Waals surface area (Å²) < 4.78 is 0. The van der Waals surface area contributed by atoms with E-state index in [0.717, 1.165) is 17.1 Å². The first kappa shape index (κ1) is 14.4. The molecule has 104 valence electrons. The number of nitrogens with one attached hydrogen (secondary N) is 1. The summed E-state index contributed by atoms with van der Waals surface area (Å²) in [5, 5.41) is 3.03. The van der Waals surface area contributed by atoms with Crippen LogP contribution in [0.2, 0.25) is 0 Å². The Morgan fingerprint density at radius 2 is 2.21 bits per heavy atom. The quantitative estimate of drug-likeness (QED) is 0.858. The van der Waals surface area contributed by atoms with Gasteiger partial charge in [0, 0.05) is 10.9 Å². The summed E-state index contributed by atoms with van der Waals surface area (Å²) in [5.41, 5.74) is 0.921. The minimum Gasteiger partial charge on any atom is -0.324 e. The molecule has 1 heterocycles. The number of likely N-dealkylation sites (tertiary alicyclic amines) is 1. The smallest absolute Gasteiger partial charge is 0.238 e. The second kappa shape index (κ2) is 6.96. The van der Waals surface area contributed by atoms with Crippen molar-refractivity contribution >= 4 is 23.4 Å². The zero-order chi connectivity index (χ0) is 13.7. The van der Waals surface area contributed by atoms with Gasteiger partial charge in [-0.25, -0.2) is 0 Å². The molecule has 1 saturated heterocycles. The van der Waals surface area contributed by atoms with Gasteiger partial charge in [-0.3, -0.25) is 9.69 Å². The molecule has 1 aromatic carbocycles. The number of nitrogens with zero attached hydrogens (tertiary/aromatic N) is 1. The van der Waals surface area contributed by atoms with E-state index < -0.39 is 0 Å². The minimum absolute atomic E-state index is 0.0928. The summed E-state index contributed by atoms with van der Waals surface area (Å²) in [6, 6.07) is 8.47. The van der Waals surface area contributed by atoms with Gasteiger partial charge in [0.2, 0.25) is 5.91 Å². The maximum Gasteiger partial charge on any atom is 0.238 e. The van der Waals surface area contributed by atoms with Crippen molar-refractivity contribution < 1.29 is 4.79 Å². The molecule has 1 atom stereocenters. The van der Waals surface area contributed by atoms with Crippen molar-refractivity contribution in [2.75, 3.05) is 24.7 Å². The van der Waals surface area contributed by atoms with Gasteiger partial charge in [-0.1, -0.05) is 18.6 Å². The maximum absolute atomic E-state index is 12.1. The van der Waals surface area contributed by atoms with Crippen molar-refractivity contribution in [3.8, 4) is 0 Å². The maximum atomic E-state index is 12.1. The monoisotopic (exact) mass is 278 g/mol. The van der Waals surface area contributed by atoms with Crippen molar-refractivity contribution in [2.45, 2.75) is 37.1 Å². The number of benzene rings is 1. The van der Waals surface area contributed by atoms with Crippen molar-refractivity contribution in [3.05, 3.63) is 24.3 Å². The van der Waals surface area contributed by atoms with E-state index in [2.05, 4.69) is 17.1 Å². The number of rotatable bonds is 4. The number of carbonyl (C=O) groups is 1. The van der Waals surface area contributed by atoms with Crippen LogP contribution in [0.15, 0.2) is 29.2 Å². The molecule has 2 rings (SSSR count). The van der Waals surface area contributed by atoms with Crippen LogP contribution in [0.4, 0.5) is 5.69 Å². The van der Waals surface area contributed by atoms with Gasteiger partial charge in [0.25, 0.3) is 0 Å². The lowest BCUT2D eigenvalue weighted by molar-refractivity contribution is -0.118. The molecule has 1 N–H and O–H groups in total. The Labute approximate surface area is 119 Å². The fourth-order valence-electron chi connectivity index (χ4n) is 2.51. The first-order chi connectivity index (χ1) is 9.20. The first-order valence-electron chi connectivity index (χ1n) is 6.87. The molecule has 1 fully saturated rings. The van der Waals surface area contributed by atoms with E-state index in [1.54, 1.807) is 11.8 Å². The summed E-state index contributed by atoms with van der Waals surface area (Å²) >= 11 is 1.66. The van der Waals surface area contributed by atoms with Crippen LogP contribution >= 0.6 is 11.8 Å². The molecule has 0 radical (unpaired) electrons. The Kier molecular flexibility index (Phi) is 5.28. The fraction of sp³-hybridized carbons (Fsp3) is 0.533. The molecule has 4 heteroatoms. The van der Waals surface area contributed by atoms with Crippen LogP contribution in [0.5, 0.6) is 0 Å². The number of anilines is 1. The van der Waals surface area contributed by atoms with Crippen LogP contribution in [0.25, 0.3) is 0 Å². The number of hydrogen-bond donors (Lipinski definition) is 1. The molecular formula is C15H22N2OS. The highest BCUT2D eigenvalue weighted by Crippen LogP contribution is 2.24. The summed E-state index contributed by atoms with van der Waals surface area (Å²) in [6.45, 7) is 3.75. The van der Waals surface area contributed by atoms with E-state index in [9.17, 15) is 4.79 Å². The Balaban J connectivity index is 1.93. The molecule has 1 amide bonds.